The van der Waals surface area contributed by atoms with Gasteiger partial charge < -0.3 is 9.52 Å². The zero-order chi connectivity index (χ0) is 19.3. The Morgan fingerprint density at radius 1 is 1.07 bits per heavy atom. The van der Waals surface area contributed by atoms with E-state index < -0.39 is 22.9 Å². The van der Waals surface area contributed by atoms with Crippen LogP contribution in [0.1, 0.15) is 11.3 Å². The van der Waals surface area contributed by atoms with Crippen molar-refractivity contribution in [3.8, 4) is 17.0 Å². The Morgan fingerprint density at radius 2 is 1.81 bits per heavy atom. The molecule has 0 spiro atoms. The second kappa shape index (κ2) is 5.84. The molecule has 0 aliphatic heterocycles. The van der Waals surface area contributed by atoms with E-state index in [-0.39, 0.29) is 22.4 Å². The molecule has 0 bridgehead atoms. The van der Waals surface area contributed by atoms with E-state index in [2.05, 4.69) is 4.98 Å². The first kappa shape index (κ1) is 17.1. The van der Waals surface area contributed by atoms with E-state index in [4.69, 9.17) is 4.42 Å². The van der Waals surface area contributed by atoms with Crippen molar-refractivity contribution in [1.29, 1.82) is 0 Å². The Bertz CT molecular complexity index is 1260. The third-order valence-electron chi connectivity index (χ3n) is 4.29. The summed E-state index contributed by atoms with van der Waals surface area (Å²) in [5.74, 6) is -1.72. The van der Waals surface area contributed by atoms with Crippen LogP contribution in [0.4, 0.5) is 13.2 Å². The molecule has 7 heteroatoms. The van der Waals surface area contributed by atoms with Crippen molar-refractivity contribution in [2.45, 2.75) is 13.1 Å². The van der Waals surface area contributed by atoms with Gasteiger partial charge in [0.05, 0.1) is 22.2 Å². The summed E-state index contributed by atoms with van der Waals surface area (Å²) < 4.78 is 45.9. The van der Waals surface area contributed by atoms with Gasteiger partial charge in [-0.25, -0.2) is 4.98 Å². The minimum absolute atomic E-state index is 0.0224. The van der Waals surface area contributed by atoms with E-state index in [1.165, 1.54) is 19.1 Å². The summed E-state index contributed by atoms with van der Waals surface area (Å²) in [5, 5.41) is 10.4. The molecule has 4 aromatic rings. The topological polar surface area (TPSA) is 63.3 Å². The maximum Gasteiger partial charge on any atom is 0.450 e. The Morgan fingerprint density at radius 3 is 2.56 bits per heavy atom. The highest BCUT2D eigenvalue weighted by molar-refractivity contribution is 5.88. The minimum Gasteiger partial charge on any atom is -0.508 e. The molecule has 2 aromatic carbocycles. The number of aromatic hydroxyl groups is 1. The number of nitrogens with zero attached hydrogens (tertiary/aromatic N) is 1. The fraction of sp³-hybridized carbons (Fsp3) is 0.100. The molecular formula is C20H12F3NO3. The fourth-order valence-corrected chi connectivity index (χ4v) is 3.13. The van der Waals surface area contributed by atoms with Gasteiger partial charge in [-0.05, 0) is 30.7 Å². The first-order valence-electron chi connectivity index (χ1n) is 7.99. The molecule has 4 rings (SSSR count). The Kier molecular flexibility index (Phi) is 3.69. The number of para-hydroxylation sites is 1. The first-order valence-corrected chi connectivity index (χ1v) is 7.99. The van der Waals surface area contributed by atoms with E-state index in [0.29, 0.717) is 11.1 Å². The molecule has 0 fully saturated rings. The minimum atomic E-state index is -4.91. The van der Waals surface area contributed by atoms with Gasteiger partial charge in [0, 0.05) is 11.5 Å². The smallest absolute Gasteiger partial charge is 0.450 e. The normalized spacial score (nSPS) is 12.0. The van der Waals surface area contributed by atoms with E-state index in [1.54, 1.807) is 30.3 Å². The summed E-state index contributed by atoms with van der Waals surface area (Å²) in [4.78, 5) is 17.2. The average molecular weight is 371 g/mol. The molecule has 2 heterocycles. The second-order valence-corrected chi connectivity index (χ2v) is 6.16. The molecule has 0 amide bonds. The third kappa shape index (κ3) is 2.81. The van der Waals surface area contributed by atoms with Crippen LogP contribution in [-0.2, 0) is 6.18 Å². The summed E-state index contributed by atoms with van der Waals surface area (Å²) in [5.41, 5.74) is -1.16. The van der Waals surface area contributed by atoms with Gasteiger partial charge in [-0.15, -0.1) is 0 Å². The van der Waals surface area contributed by atoms with Crippen LogP contribution >= 0.6 is 0 Å². The van der Waals surface area contributed by atoms with Crippen LogP contribution in [0.3, 0.4) is 0 Å². The molecule has 1 N–H and O–H groups in total. The van der Waals surface area contributed by atoms with Crippen LogP contribution in [0, 0.1) is 6.92 Å². The second-order valence-electron chi connectivity index (χ2n) is 6.16. The van der Waals surface area contributed by atoms with Crippen molar-refractivity contribution in [1.82, 2.24) is 4.98 Å². The number of pyridine rings is 1. The molecule has 0 saturated carbocycles. The van der Waals surface area contributed by atoms with Crippen LogP contribution in [0.2, 0.25) is 0 Å². The van der Waals surface area contributed by atoms with Crippen molar-refractivity contribution in [2.75, 3.05) is 0 Å². The molecule has 0 unspecified atom stereocenters. The molecule has 0 saturated heterocycles. The summed E-state index contributed by atoms with van der Waals surface area (Å²) >= 11 is 0. The van der Waals surface area contributed by atoms with Gasteiger partial charge in [-0.1, -0.05) is 24.3 Å². The number of hydrogen-bond donors (Lipinski definition) is 1. The number of fused-ring (bicyclic) bond motifs is 2. The molecule has 0 atom stereocenters. The lowest BCUT2D eigenvalue weighted by molar-refractivity contribution is -0.152. The summed E-state index contributed by atoms with van der Waals surface area (Å²) in [6.45, 7) is 1.52. The number of phenolic OH excluding ortho intramolecular Hbond substituents is 1. The van der Waals surface area contributed by atoms with Crippen molar-refractivity contribution >= 4 is 21.9 Å². The number of rotatable bonds is 1. The van der Waals surface area contributed by atoms with Gasteiger partial charge in [-0.2, -0.15) is 13.2 Å². The lowest BCUT2D eigenvalue weighted by Crippen LogP contribution is -2.17. The fourth-order valence-electron chi connectivity index (χ4n) is 3.13. The average Bonchev–Trinajstić information content (AvgIpc) is 2.59. The number of aryl methyl sites for hydroxylation is 1. The van der Waals surface area contributed by atoms with Crippen molar-refractivity contribution in [3.05, 3.63) is 70.1 Å². The van der Waals surface area contributed by atoms with E-state index in [9.17, 15) is 23.1 Å². The highest BCUT2D eigenvalue weighted by atomic mass is 19.4. The van der Waals surface area contributed by atoms with Gasteiger partial charge in [0.2, 0.25) is 11.2 Å². The van der Waals surface area contributed by atoms with E-state index >= 15 is 0 Å². The van der Waals surface area contributed by atoms with Gasteiger partial charge in [0.15, 0.2) is 0 Å². The SMILES string of the molecule is Cc1cc(O)cc2oc(C(F)(F)F)c(-c3ccc4ccccc4n3)c(=O)c12. The molecule has 0 aliphatic carbocycles. The highest BCUT2D eigenvalue weighted by Gasteiger charge is 2.40. The van der Waals surface area contributed by atoms with Crippen LogP contribution in [-0.4, -0.2) is 10.1 Å². The molecule has 2 aromatic heterocycles. The predicted octanol–water partition coefficient (Wildman–Crippen LogP) is 5.04. The van der Waals surface area contributed by atoms with Crippen molar-refractivity contribution in [2.24, 2.45) is 0 Å². The van der Waals surface area contributed by atoms with E-state index in [1.807, 2.05) is 0 Å². The maximum atomic E-state index is 13.6. The number of hydrogen-bond acceptors (Lipinski definition) is 4. The van der Waals surface area contributed by atoms with Gasteiger partial charge in [0.1, 0.15) is 11.3 Å². The summed E-state index contributed by atoms with van der Waals surface area (Å²) in [6.07, 6.45) is -4.91. The van der Waals surface area contributed by atoms with Crippen LogP contribution in [0.5, 0.6) is 5.75 Å². The summed E-state index contributed by atoms with van der Waals surface area (Å²) in [6, 6.07) is 12.2. The largest absolute Gasteiger partial charge is 0.508 e. The molecule has 136 valence electrons. The lowest BCUT2D eigenvalue weighted by Gasteiger charge is -2.13. The standard InChI is InChI=1S/C20H12F3NO3/c1-10-8-12(25)9-15-16(10)18(26)17(19(27-15)20(21,22)23)14-7-6-11-4-2-3-5-13(11)24-14/h2-9,25H,1H3. The highest BCUT2D eigenvalue weighted by Crippen LogP contribution is 2.38. The molecule has 4 nitrogen and oxygen atoms in total. The van der Waals surface area contributed by atoms with Crippen molar-refractivity contribution < 1.29 is 22.7 Å². The monoisotopic (exact) mass is 371 g/mol. The summed E-state index contributed by atoms with van der Waals surface area (Å²) in [7, 11) is 0. The van der Waals surface area contributed by atoms with Crippen LogP contribution < -0.4 is 5.43 Å². The van der Waals surface area contributed by atoms with Crippen LogP contribution in [0.15, 0.2) is 57.7 Å². The van der Waals surface area contributed by atoms with Crippen LogP contribution in [0.25, 0.3) is 33.1 Å². The van der Waals surface area contributed by atoms with E-state index in [0.717, 1.165) is 11.5 Å². The zero-order valence-electron chi connectivity index (χ0n) is 14.0. The van der Waals surface area contributed by atoms with Gasteiger partial charge in [0.25, 0.3) is 0 Å². The Hall–Kier alpha value is -3.35. The molecule has 0 aliphatic rings. The number of benzene rings is 2. The zero-order valence-corrected chi connectivity index (χ0v) is 14.0. The van der Waals surface area contributed by atoms with Crippen molar-refractivity contribution in [3.63, 3.8) is 0 Å². The number of alkyl halides is 3. The molecule has 27 heavy (non-hydrogen) atoms. The first-order chi connectivity index (χ1) is 12.8. The number of aromatic nitrogens is 1. The predicted molar refractivity (Wildman–Crippen MR) is 94.6 cm³/mol. The Labute approximate surface area is 150 Å². The maximum absolute atomic E-state index is 13.6. The third-order valence-corrected chi connectivity index (χ3v) is 4.29. The molecular weight excluding hydrogens is 359 g/mol. The number of phenols is 1. The quantitative estimate of drug-likeness (QED) is 0.509. The number of halogens is 3. The van der Waals surface area contributed by atoms with Gasteiger partial charge >= 0.3 is 6.18 Å². The molecule has 0 radical (unpaired) electrons. The van der Waals surface area contributed by atoms with Gasteiger partial charge in [-0.3, -0.25) is 4.79 Å². The lowest BCUT2D eigenvalue weighted by atomic mass is 10.0. The Balaban J connectivity index is 2.14.